The molecule has 0 radical (unpaired) electrons. The van der Waals surface area contributed by atoms with E-state index in [2.05, 4.69) is 5.32 Å². The number of hydrogen-bond donors (Lipinski definition) is 3. The predicted molar refractivity (Wildman–Crippen MR) is 82.9 cm³/mol. The molecule has 0 fully saturated rings. The molecular weight excluding hydrogens is 325 g/mol. The lowest BCUT2D eigenvalue weighted by molar-refractivity contribution is 0.0961. The van der Waals surface area contributed by atoms with Gasteiger partial charge in [-0.05, 0) is 36.4 Å². The van der Waals surface area contributed by atoms with Crippen LogP contribution in [0.15, 0.2) is 48.5 Å². The van der Waals surface area contributed by atoms with Gasteiger partial charge < -0.3 is 5.32 Å². The first kappa shape index (κ1) is 16.4. The summed E-state index contributed by atoms with van der Waals surface area (Å²) in [5, 5.41) is 6.60. The monoisotopic (exact) mass is 335 g/mol. The molecule has 118 valence electrons. The number of amides is 5. The van der Waals surface area contributed by atoms with Crippen molar-refractivity contribution < 1.29 is 18.8 Å². The van der Waals surface area contributed by atoms with Crippen LogP contribution in [-0.2, 0) is 0 Å². The molecule has 0 unspecified atom stereocenters. The Morgan fingerprint density at radius 2 is 1.52 bits per heavy atom. The highest BCUT2D eigenvalue weighted by Gasteiger charge is 2.15. The highest BCUT2D eigenvalue weighted by atomic mass is 35.5. The predicted octanol–water partition coefficient (Wildman–Crippen LogP) is 3.15. The van der Waals surface area contributed by atoms with Crippen LogP contribution < -0.4 is 16.0 Å². The van der Waals surface area contributed by atoms with Gasteiger partial charge in [-0.3, -0.25) is 15.4 Å². The quantitative estimate of drug-likeness (QED) is 0.787. The van der Waals surface area contributed by atoms with Gasteiger partial charge >= 0.3 is 12.1 Å². The second-order valence-electron chi connectivity index (χ2n) is 4.35. The fourth-order valence-electron chi connectivity index (χ4n) is 1.65. The molecule has 5 amide bonds. The second-order valence-corrected chi connectivity index (χ2v) is 4.79. The highest BCUT2D eigenvalue weighted by molar-refractivity contribution is 6.30. The molecule has 2 aromatic rings. The summed E-state index contributed by atoms with van der Waals surface area (Å²) >= 11 is 5.70. The SMILES string of the molecule is O=C(NC(=O)Nc1ccc(Cl)cc1)NC(=O)c1ccccc1F. The van der Waals surface area contributed by atoms with Gasteiger partial charge in [-0.1, -0.05) is 23.7 Å². The molecule has 0 spiro atoms. The number of carbonyl (C=O) groups excluding carboxylic acids is 3. The number of halogens is 2. The summed E-state index contributed by atoms with van der Waals surface area (Å²) in [7, 11) is 0. The first-order valence-electron chi connectivity index (χ1n) is 6.39. The maximum atomic E-state index is 13.4. The van der Waals surface area contributed by atoms with E-state index in [9.17, 15) is 18.8 Å². The van der Waals surface area contributed by atoms with Crippen molar-refractivity contribution in [2.75, 3.05) is 5.32 Å². The minimum atomic E-state index is -1.08. The summed E-state index contributed by atoms with van der Waals surface area (Å²) in [6.07, 6.45) is 0. The Morgan fingerprint density at radius 3 is 2.17 bits per heavy atom. The largest absolute Gasteiger partial charge is 0.329 e. The van der Waals surface area contributed by atoms with Crippen molar-refractivity contribution >= 4 is 35.3 Å². The molecule has 0 atom stereocenters. The van der Waals surface area contributed by atoms with Crippen LogP contribution in [0.4, 0.5) is 19.7 Å². The zero-order valence-electron chi connectivity index (χ0n) is 11.6. The zero-order chi connectivity index (χ0) is 16.8. The molecular formula is C15H11ClFN3O3. The van der Waals surface area contributed by atoms with Crippen LogP contribution in [-0.4, -0.2) is 18.0 Å². The van der Waals surface area contributed by atoms with Crippen molar-refractivity contribution in [3.05, 3.63) is 64.9 Å². The van der Waals surface area contributed by atoms with E-state index in [1.807, 2.05) is 10.6 Å². The molecule has 0 bridgehead atoms. The first-order chi connectivity index (χ1) is 11.0. The standard InChI is InChI=1S/C15H11ClFN3O3/c16-9-5-7-10(8-6-9)18-14(22)20-15(23)19-13(21)11-3-1-2-4-12(11)17/h1-8H,(H3,18,19,20,21,22,23). The van der Waals surface area contributed by atoms with Crippen molar-refractivity contribution in [1.82, 2.24) is 10.6 Å². The van der Waals surface area contributed by atoms with Gasteiger partial charge in [-0.15, -0.1) is 0 Å². The van der Waals surface area contributed by atoms with Crippen LogP contribution in [0.1, 0.15) is 10.4 Å². The molecule has 6 nitrogen and oxygen atoms in total. The number of hydrogen-bond acceptors (Lipinski definition) is 3. The third-order valence-corrected chi connectivity index (χ3v) is 2.93. The lowest BCUT2D eigenvalue weighted by atomic mass is 10.2. The van der Waals surface area contributed by atoms with Crippen LogP contribution in [0, 0.1) is 5.82 Å². The van der Waals surface area contributed by atoms with Gasteiger partial charge in [0.15, 0.2) is 0 Å². The second kappa shape index (κ2) is 7.37. The molecule has 8 heteroatoms. The van der Waals surface area contributed by atoms with Crippen LogP contribution in [0.3, 0.4) is 0 Å². The maximum absolute atomic E-state index is 13.4. The van der Waals surface area contributed by atoms with E-state index in [-0.39, 0.29) is 5.56 Å². The molecule has 2 aromatic carbocycles. The fourth-order valence-corrected chi connectivity index (χ4v) is 1.77. The van der Waals surface area contributed by atoms with Crippen molar-refractivity contribution in [1.29, 1.82) is 0 Å². The number of anilines is 1. The summed E-state index contributed by atoms with van der Waals surface area (Å²) < 4.78 is 13.4. The number of carbonyl (C=O) groups is 3. The Morgan fingerprint density at radius 1 is 0.870 bits per heavy atom. The van der Waals surface area contributed by atoms with E-state index in [0.717, 1.165) is 6.07 Å². The summed E-state index contributed by atoms with van der Waals surface area (Å²) in [6.45, 7) is 0. The maximum Gasteiger partial charge on any atom is 0.329 e. The Labute approximate surface area is 135 Å². The molecule has 0 heterocycles. The van der Waals surface area contributed by atoms with E-state index in [0.29, 0.717) is 10.7 Å². The smallest absolute Gasteiger partial charge is 0.308 e. The van der Waals surface area contributed by atoms with Gasteiger partial charge in [0, 0.05) is 10.7 Å². The Kier molecular flexibility index (Phi) is 5.27. The normalized spacial score (nSPS) is 9.83. The molecule has 0 aliphatic heterocycles. The number of urea groups is 2. The van der Waals surface area contributed by atoms with E-state index in [1.165, 1.54) is 30.3 Å². The summed E-state index contributed by atoms with van der Waals surface area (Å²) in [5.74, 6) is -1.73. The number of rotatable bonds is 2. The molecule has 3 N–H and O–H groups in total. The Balaban J connectivity index is 1.89. The summed E-state index contributed by atoms with van der Waals surface area (Å²) in [4.78, 5) is 34.8. The van der Waals surface area contributed by atoms with Crippen molar-refractivity contribution in [3.63, 3.8) is 0 Å². The van der Waals surface area contributed by atoms with Crippen LogP contribution in [0.25, 0.3) is 0 Å². The molecule has 0 aliphatic carbocycles. The molecule has 0 saturated carbocycles. The average Bonchev–Trinajstić information content (AvgIpc) is 2.49. The van der Waals surface area contributed by atoms with E-state index >= 15 is 0 Å². The zero-order valence-corrected chi connectivity index (χ0v) is 12.4. The minimum Gasteiger partial charge on any atom is -0.308 e. The van der Waals surface area contributed by atoms with Gasteiger partial charge in [-0.2, -0.15) is 0 Å². The first-order valence-corrected chi connectivity index (χ1v) is 6.77. The van der Waals surface area contributed by atoms with Crippen molar-refractivity contribution in [2.45, 2.75) is 0 Å². The highest BCUT2D eigenvalue weighted by Crippen LogP contribution is 2.13. The van der Waals surface area contributed by atoms with Crippen LogP contribution in [0.2, 0.25) is 5.02 Å². The third kappa shape index (κ3) is 4.79. The average molecular weight is 336 g/mol. The van der Waals surface area contributed by atoms with E-state index in [1.54, 1.807) is 12.1 Å². The molecule has 0 aliphatic rings. The Hall–Kier alpha value is -2.93. The topological polar surface area (TPSA) is 87.3 Å². The molecule has 2 rings (SSSR count). The third-order valence-electron chi connectivity index (χ3n) is 2.67. The van der Waals surface area contributed by atoms with Crippen molar-refractivity contribution in [3.8, 4) is 0 Å². The Bertz CT molecular complexity index is 750. The van der Waals surface area contributed by atoms with Gasteiger partial charge in [0.2, 0.25) is 0 Å². The summed E-state index contributed by atoms with van der Waals surface area (Å²) in [5.41, 5.74) is 0.0980. The van der Waals surface area contributed by atoms with E-state index < -0.39 is 23.8 Å². The van der Waals surface area contributed by atoms with Crippen molar-refractivity contribution in [2.24, 2.45) is 0 Å². The lowest BCUT2D eigenvalue weighted by Crippen LogP contribution is -2.44. The summed E-state index contributed by atoms with van der Waals surface area (Å²) in [6, 6.07) is 9.39. The number of benzene rings is 2. The van der Waals surface area contributed by atoms with Gasteiger partial charge in [0.1, 0.15) is 5.82 Å². The van der Waals surface area contributed by atoms with E-state index in [4.69, 9.17) is 11.6 Å². The number of imide groups is 2. The van der Waals surface area contributed by atoms with Crippen LogP contribution in [0.5, 0.6) is 0 Å². The lowest BCUT2D eigenvalue weighted by Gasteiger charge is -2.08. The minimum absolute atomic E-state index is 0.305. The molecule has 0 saturated heterocycles. The van der Waals surface area contributed by atoms with Gasteiger partial charge in [0.05, 0.1) is 5.56 Å². The molecule has 0 aromatic heterocycles. The van der Waals surface area contributed by atoms with Gasteiger partial charge in [-0.25, -0.2) is 14.0 Å². The number of nitrogens with one attached hydrogen (secondary N) is 3. The van der Waals surface area contributed by atoms with Crippen LogP contribution >= 0.6 is 11.6 Å². The van der Waals surface area contributed by atoms with Gasteiger partial charge in [0.25, 0.3) is 5.91 Å². The fraction of sp³-hybridized carbons (Fsp3) is 0. The molecule has 23 heavy (non-hydrogen) atoms.